The molecular formula is C31H40O7. The maximum absolute atomic E-state index is 13.9. The van der Waals surface area contributed by atoms with Crippen molar-refractivity contribution in [3.63, 3.8) is 0 Å². The van der Waals surface area contributed by atoms with Gasteiger partial charge in [-0.15, -0.1) is 0 Å². The number of hydrogen-bond acceptors (Lipinski definition) is 7. The predicted molar refractivity (Wildman–Crippen MR) is 150 cm³/mol. The highest BCUT2D eigenvalue weighted by atomic mass is 16.5. The Labute approximate surface area is 226 Å². The van der Waals surface area contributed by atoms with Crippen molar-refractivity contribution in [3.8, 4) is 34.5 Å². The van der Waals surface area contributed by atoms with Gasteiger partial charge in [-0.3, -0.25) is 4.79 Å². The predicted octanol–water partition coefficient (Wildman–Crippen LogP) is 6.62. The number of Topliss-reactive ketones (excluding diaryl/α,β-unsaturated/α-hetero) is 1. The van der Waals surface area contributed by atoms with Gasteiger partial charge in [-0.25, -0.2) is 0 Å². The molecule has 1 aliphatic rings. The molecule has 0 aromatic heterocycles. The fourth-order valence-electron chi connectivity index (χ4n) is 4.94. The van der Waals surface area contributed by atoms with Gasteiger partial charge in [-0.1, -0.05) is 27.2 Å². The molecular weight excluding hydrogens is 484 g/mol. The van der Waals surface area contributed by atoms with Crippen molar-refractivity contribution in [3.05, 3.63) is 46.5 Å². The lowest BCUT2D eigenvalue weighted by atomic mass is 9.66. The number of rotatable bonds is 10. The van der Waals surface area contributed by atoms with E-state index >= 15 is 0 Å². The van der Waals surface area contributed by atoms with Gasteiger partial charge in [0.05, 0.1) is 42.7 Å². The van der Waals surface area contributed by atoms with Gasteiger partial charge in [0.25, 0.3) is 0 Å². The molecule has 7 heteroatoms. The SMILES string of the molecule is CCC(C)(C)C1C/C(=C\c2ccc(OC)c(OC)c2OC)C(=O)/C(=C/c2ccc(OC)c(OC)c2OC)C1. The van der Waals surface area contributed by atoms with Crippen LogP contribution in [0.5, 0.6) is 34.5 Å². The van der Waals surface area contributed by atoms with Crippen molar-refractivity contribution in [2.45, 2.75) is 40.0 Å². The molecule has 206 valence electrons. The Bertz CT molecular complexity index is 1140. The smallest absolute Gasteiger partial charge is 0.203 e. The first-order chi connectivity index (χ1) is 18.2. The molecule has 3 rings (SSSR count). The first kappa shape index (κ1) is 29.0. The van der Waals surface area contributed by atoms with Gasteiger partial charge in [0, 0.05) is 22.3 Å². The Morgan fingerprint density at radius 2 is 1.08 bits per heavy atom. The fraction of sp³-hybridized carbons (Fsp3) is 0.452. The van der Waals surface area contributed by atoms with Gasteiger partial charge in [0.2, 0.25) is 11.5 Å². The van der Waals surface area contributed by atoms with E-state index in [9.17, 15) is 4.79 Å². The van der Waals surface area contributed by atoms with Gasteiger partial charge in [0.15, 0.2) is 28.8 Å². The van der Waals surface area contributed by atoms with Gasteiger partial charge < -0.3 is 28.4 Å². The largest absolute Gasteiger partial charge is 0.493 e. The molecule has 2 aromatic carbocycles. The molecule has 0 saturated heterocycles. The van der Waals surface area contributed by atoms with Crippen LogP contribution in [0.15, 0.2) is 35.4 Å². The number of ketones is 1. The van der Waals surface area contributed by atoms with E-state index < -0.39 is 0 Å². The van der Waals surface area contributed by atoms with Crippen molar-refractivity contribution in [1.82, 2.24) is 0 Å². The molecule has 0 bridgehead atoms. The van der Waals surface area contributed by atoms with Crippen LogP contribution in [0.2, 0.25) is 0 Å². The number of carbonyl (C=O) groups is 1. The Morgan fingerprint density at radius 1 is 0.684 bits per heavy atom. The van der Waals surface area contributed by atoms with E-state index in [1.807, 2.05) is 36.4 Å². The number of carbonyl (C=O) groups excluding carboxylic acids is 1. The lowest BCUT2D eigenvalue weighted by Gasteiger charge is -2.38. The number of hydrogen-bond donors (Lipinski definition) is 0. The summed E-state index contributed by atoms with van der Waals surface area (Å²) in [5.41, 5.74) is 2.98. The fourth-order valence-corrected chi connectivity index (χ4v) is 4.94. The van der Waals surface area contributed by atoms with Gasteiger partial charge in [-0.2, -0.15) is 0 Å². The van der Waals surface area contributed by atoms with Crippen LogP contribution in [0.3, 0.4) is 0 Å². The van der Waals surface area contributed by atoms with Crippen LogP contribution in [0.25, 0.3) is 12.2 Å². The molecule has 1 fully saturated rings. The first-order valence-corrected chi connectivity index (χ1v) is 12.7. The van der Waals surface area contributed by atoms with E-state index in [0.717, 1.165) is 28.7 Å². The number of methoxy groups -OCH3 is 6. The average Bonchev–Trinajstić information content (AvgIpc) is 2.93. The minimum atomic E-state index is 0.00169. The average molecular weight is 525 g/mol. The number of allylic oxidation sites excluding steroid dienone is 2. The molecule has 0 N–H and O–H groups in total. The third kappa shape index (κ3) is 5.62. The highest BCUT2D eigenvalue weighted by molar-refractivity contribution is 6.14. The number of benzene rings is 2. The van der Waals surface area contributed by atoms with Crippen LogP contribution in [0.1, 0.15) is 51.2 Å². The molecule has 38 heavy (non-hydrogen) atoms. The van der Waals surface area contributed by atoms with Gasteiger partial charge >= 0.3 is 0 Å². The summed E-state index contributed by atoms with van der Waals surface area (Å²) >= 11 is 0. The van der Waals surface area contributed by atoms with Crippen molar-refractivity contribution in [1.29, 1.82) is 0 Å². The van der Waals surface area contributed by atoms with Gasteiger partial charge in [0.1, 0.15) is 0 Å². The molecule has 7 nitrogen and oxygen atoms in total. The molecule has 0 atom stereocenters. The van der Waals surface area contributed by atoms with Crippen LogP contribution >= 0.6 is 0 Å². The molecule has 0 aliphatic heterocycles. The summed E-state index contributed by atoms with van der Waals surface area (Å²) in [7, 11) is 9.47. The van der Waals surface area contributed by atoms with E-state index in [1.54, 1.807) is 42.7 Å². The normalized spacial score (nSPS) is 17.9. The standard InChI is InChI=1S/C31H40O7/c1-10-31(2,3)23-17-21(15-19-11-13-24(33-4)29(37-8)27(19)35-6)26(32)22(18-23)16-20-12-14-25(34-5)30(38-9)28(20)36-7/h11-16,23H,10,17-18H2,1-9H3/b21-15+,22-16+. The minimum absolute atomic E-state index is 0.00169. The second-order valence-electron chi connectivity index (χ2n) is 9.96. The third-order valence-electron chi connectivity index (χ3n) is 7.66. The van der Waals surface area contributed by atoms with E-state index in [0.29, 0.717) is 47.3 Å². The number of ether oxygens (including phenoxy) is 6. The van der Waals surface area contributed by atoms with Crippen molar-refractivity contribution >= 4 is 17.9 Å². The summed E-state index contributed by atoms with van der Waals surface area (Å²) in [5, 5.41) is 0. The summed E-state index contributed by atoms with van der Waals surface area (Å²) in [6, 6.07) is 7.41. The lowest BCUT2D eigenvalue weighted by molar-refractivity contribution is -0.113. The maximum Gasteiger partial charge on any atom is 0.203 e. The Hall–Kier alpha value is -3.61. The lowest BCUT2D eigenvalue weighted by Crippen LogP contribution is -2.30. The van der Waals surface area contributed by atoms with E-state index in [-0.39, 0.29) is 17.1 Å². The molecule has 0 radical (unpaired) electrons. The van der Waals surface area contributed by atoms with Crippen LogP contribution in [-0.4, -0.2) is 48.4 Å². The summed E-state index contributed by atoms with van der Waals surface area (Å²) in [6.07, 6.45) is 6.16. The zero-order valence-electron chi connectivity index (χ0n) is 24.0. The quantitative estimate of drug-likeness (QED) is 0.323. The zero-order valence-corrected chi connectivity index (χ0v) is 24.0. The molecule has 1 saturated carbocycles. The van der Waals surface area contributed by atoms with E-state index in [4.69, 9.17) is 28.4 Å². The topological polar surface area (TPSA) is 72.5 Å². The summed E-state index contributed by atoms with van der Waals surface area (Å²) < 4.78 is 33.4. The van der Waals surface area contributed by atoms with Crippen LogP contribution in [0, 0.1) is 11.3 Å². The van der Waals surface area contributed by atoms with E-state index in [1.165, 1.54) is 0 Å². The second kappa shape index (κ2) is 12.3. The van der Waals surface area contributed by atoms with E-state index in [2.05, 4.69) is 20.8 Å². The molecule has 0 heterocycles. The van der Waals surface area contributed by atoms with Crippen molar-refractivity contribution in [2.24, 2.45) is 11.3 Å². The maximum atomic E-state index is 13.9. The molecule has 2 aromatic rings. The highest BCUT2D eigenvalue weighted by Crippen LogP contribution is 2.47. The Morgan fingerprint density at radius 3 is 1.39 bits per heavy atom. The monoisotopic (exact) mass is 524 g/mol. The van der Waals surface area contributed by atoms with Crippen LogP contribution < -0.4 is 28.4 Å². The van der Waals surface area contributed by atoms with Crippen LogP contribution in [0.4, 0.5) is 0 Å². The summed E-state index contributed by atoms with van der Waals surface area (Å²) in [5.74, 6) is 3.42. The third-order valence-corrected chi connectivity index (χ3v) is 7.66. The zero-order chi connectivity index (χ0) is 28.0. The van der Waals surface area contributed by atoms with Gasteiger partial charge in [-0.05, 0) is 60.6 Å². The first-order valence-electron chi connectivity index (χ1n) is 12.7. The molecule has 0 unspecified atom stereocenters. The molecule has 0 spiro atoms. The summed E-state index contributed by atoms with van der Waals surface area (Å²) in [6.45, 7) is 6.71. The minimum Gasteiger partial charge on any atom is -0.493 e. The summed E-state index contributed by atoms with van der Waals surface area (Å²) in [4.78, 5) is 13.9. The Kier molecular flexibility index (Phi) is 9.36. The molecule has 0 amide bonds. The Balaban J connectivity index is 2.19. The highest BCUT2D eigenvalue weighted by Gasteiger charge is 2.36. The van der Waals surface area contributed by atoms with Crippen molar-refractivity contribution in [2.75, 3.05) is 42.7 Å². The second-order valence-corrected chi connectivity index (χ2v) is 9.96. The molecule has 1 aliphatic carbocycles. The van der Waals surface area contributed by atoms with Crippen molar-refractivity contribution < 1.29 is 33.2 Å². The van der Waals surface area contributed by atoms with Crippen LogP contribution in [-0.2, 0) is 4.79 Å².